The van der Waals surface area contributed by atoms with Gasteiger partial charge in [0, 0.05) is 37.1 Å². The summed E-state index contributed by atoms with van der Waals surface area (Å²) in [7, 11) is 0. The van der Waals surface area contributed by atoms with E-state index in [9.17, 15) is 0 Å². The second kappa shape index (κ2) is 10.1. The number of hydrogen-bond donors (Lipinski definition) is 3. The third-order valence-electron chi connectivity index (χ3n) is 5.22. The summed E-state index contributed by atoms with van der Waals surface area (Å²) in [6.07, 6.45) is 7.41. The van der Waals surface area contributed by atoms with Crippen LogP contribution in [-0.4, -0.2) is 39.1 Å². The van der Waals surface area contributed by atoms with E-state index in [1.54, 1.807) is 0 Å². The van der Waals surface area contributed by atoms with Crippen LogP contribution in [0.4, 0.5) is 11.9 Å². The second-order valence-corrected chi connectivity index (χ2v) is 7.12. The molecule has 2 aromatic heterocycles. The van der Waals surface area contributed by atoms with Crippen molar-refractivity contribution in [1.82, 2.24) is 25.3 Å². The number of H-pyrrole nitrogens is 1. The first-order chi connectivity index (χ1) is 14.7. The summed E-state index contributed by atoms with van der Waals surface area (Å²) in [5, 5.41) is 6.26. The molecule has 0 radical (unpaired) electrons. The molecule has 1 fully saturated rings. The number of benzene rings is 1. The Morgan fingerprint density at radius 1 is 1.20 bits per heavy atom. The molecule has 3 heterocycles. The van der Waals surface area contributed by atoms with Gasteiger partial charge < -0.3 is 20.5 Å². The molecule has 1 aliphatic heterocycles. The van der Waals surface area contributed by atoms with Gasteiger partial charge in [-0.15, -0.1) is 0 Å². The Balaban J connectivity index is 0.00000124. The third kappa shape index (κ3) is 4.72. The van der Waals surface area contributed by atoms with Crippen molar-refractivity contribution in [2.24, 2.45) is 0 Å². The SMILES string of the molecule is C=C(NCC)Nc1nc2ccc(-c3cnc(N4CCCC4CC)nc3)cc2[nH]1.CC. The molecule has 0 bridgehead atoms. The summed E-state index contributed by atoms with van der Waals surface area (Å²) >= 11 is 0. The fourth-order valence-electron chi connectivity index (χ4n) is 3.79. The number of anilines is 2. The lowest BCUT2D eigenvalue weighted by Gasteiger charge is -2.23. The van der Waals surface area contributed by atoms with Crippen LogP contribution < -0.4 is 15.5 Å². The summed E-state index contributed by atoms with van der Waals surface area (Å²) < 4.78 is 0. The van der Waals surface area contributed by atoms with E-state index in [0.717, 1.165) is 53.4 Å². The maximum absolute atomic E-state index is 4.64. The highest BCUT2D eigenvalue weighted by molar-refractivity contribution is 5.83. The number of imidazole rings is 1. The van der Waals surface area contributed by atoms with Crippen LogP contribution in [0.25, 0.3) is 22.2 Å². The van der Waals surface area contributed by atoms with Crippen LogP contribution in [0.5, 0.6) is 0 Å². The molecule has 7 heteroatoms. The number of nitrogens with one attached hydrogen (secondary N) is 3. The lowest BCUT2D eigenvalue weighted by atomic mass is 10.1. The zero-order valence-corrected chi connectivity index (χ0v) is 18.5. The maximum atomic E-state index is 4.64. The summed E-state index contributed by atoms with van der Waals surface area (Å²) in [5.74, 6) is 2.23. The monoisotopic (exact) mass is 407 g/mol. The lowest BCUT2D eigenvalue weighted by molar-refractivity contribution is 0.634. The predicted octanol–water partition coefficient (Wildman–Crippen LogP) is 4.92. The van der Waals surface area contributed by atoms with Crippen LogP contribution in [0.15, 0.2) is 43.0 Å². The van der Waals surface area contributed by atoms with E-state index in [1.807, 2.05) is 39.2 Å². The molecule has 1 aromatic carbocycles. The largest absolute Gasteiger partial charge is 0.372 e. The van der Waals surface area contributed by atoms with Gasteiger partial charge in [-0.25, -0.2) is 15.0 Å². The van der Waals surface area contributed by atoms with E-state index in [2.05, 4.69) is 61.1 Å². The van der Waals surface area contributed by atoms with Crippen LogP contribution in [0.1, 0.15) is 47.0 Å². The molecular weight excluding hydrogens is 374 g/mol. The number of fused-ring (bicyclic) bond motifs is 1. The van der Waals surface area contributed by atoms with Crippen LogP contribution in [0.3, 0.4) is 0 Å². The van der Waals surface area contributed by atoms with E-state index >= 15 is 0 Å². The topological polar surface area (TPSA) is 81.8 Å². The maximum Gasteiger partial charge on any atom is 0.225 e. The van der Waals surface area contributed by atoms with Gasteiger partial charge >= 0.3 is 0 Å². The Morgan fingerprint density at radius 2 is 1.97 bits per heavy atom. The standard InChI is InChI=1S/C21H27N7.C2H6/c1-4-17-7-6-10-28(17)21-23-12-16(13-24-21)15-8-9-18-19(11-15)27-20(26-18)25-14(3)22-5-2;1-2/h8-9,11-13,17,22H,3-7,10H2,1-2H3,(H2,25,26,27);1-2H3. The van der Waals surface area contributed by atoms with Gasteiger partial charge in [-0.05, 0) is 43.9 Å². The predicted molar refractivity (Wildman–Crippen MR) is 126 cm³/mol. The Labute approximate surface area is 179 Å². The quantitative estimate of drug-likeness (QED) is 0.516. The number of nitrogens with zero attached hydrogens (tertiary/aromatic N) is 4. The minimum atomic E-state index is 0.565. The van der Waals surface area contributed by atoms with Crippen molar-refractivity contribution in [3.8, 4) is 11.1 Å². The summed E-state index contributed by atoms with van der Waals surface area (Å²) in [6.45, 7) is 14.0. The average Bonchev–Trinajstić information content (AvgIpc) is 3.41. The van der Waals surface area contributed by atoms with Crippen molar-refractivity contribution >= 4 is 22.9 Å². The molecule has 160 valence electrons. The number of aromatic nitrogens is 4. The molecule has 30 heavy (non-hydrogen) atoms. The van der Waals surface area contributed by atoms with E-state index in [0.29, 0.717) is 12.0 Å². The van der Waals surface area contributed by atoms with Crippen molar-refractivity contribution in [3.63, 3.8) is 0 Å². The van der Waals surface area contributed by atoms with E-state index in [1.165, 1.54) is 12.8 Å². The smallest absolute Gasteiger partial charge is 0.225 e. The summed E-state index contributed by atoms with van der Waals surface area (Å²) in [6, 6.07) is 6.70. The summed E-state index contributed by atoms with van der Waals surface area (Å²) in [5.41, 5.74) is 3.92. The van der Waals surface area contributed by atoms with Crippen LogP contribution in [0, 0.1) is 0 Å². The molecule has 1 saturated heterocycles. The normalized spacial score (nSPS) is 15.6. The van der Waals surface area contributed by atoms with Gasteiger partial charge in [-0.2, -0.15) is 0 Å². The number of rotatable bonds is 7. The Kier molecular flexibility index (Phi) is 7.27. The molecule has 1 atom stereocenters. The highest BCUT2D eigenvalue weighted by Gasteiger charge is 2.24. The zero-order valence-electron chi connectivity index (χ0n) is 18.5. The van der Waals surface area contributed by atoms with Gasteiger partial charge in [0.05, 0.1) is 16.9 Å². The molecule has 3 aromatic rings. The molecular formula is C23H33N7. The molecule has 0 aliphatic carbocycles. The van der Waals surface area contributed by atoms with Gasteiger partial charge in [0.1, 0.15) is 0 Å². The molecule has 0 amide bonds. The van der Waals surface area contributed by atoms with Crippen molar-refractivity contribution < 1.29 is 0 Å². The van der Waals surface area contributed by atoms with Gasteiger partial charge in [0.2, 0.25) is 11.9 Å². The molecule has 1 unspecified atom stereocenters. The highest BCUT2D eigenvalue weighted by atomic mass is 15.3. The van der Waals surface area contributed by atoms with Crippen LogP contribution >= 0.6 is 0 Å². The first kappa shape index (κ1) is 21.6. The molecule has 4 rings (SSSR count). The highest BCUT2D eigenvalue weighted by Crippen LogP contribution is 2.27. The Bertz CT molecular complexity index is 961. The van der Waals surface area contributed by atoms with Crippen LogP contribution in [-0.2, 0) is 0 Å². The molecule has 7 nitrogen and oxygen atoms in total. The Morgan fingerprint density at radius 3 is 2.67 bits per heavy atom. The van der Waals surface area contributed by atoms with Gasteiger partial charge in [-0.3, -0.25) is 0 Å². The fourth-order valence-corrected chi connectivity index (χ4v) is 3.79. The Hall–Kier alpha value is -3.09. The van der Waals surface area contributed by atoms with Crippen molar-refractivity contribution in [1.29, 1.82) is 0 Å². The van der Waals surface area contributed by atoms with Crippen molar-refractivity contribution in [3.05, 3.63) is 43.0 Å². The van der Waals surface area contributed by atoms with E-state index in [-0.39, 0.29) is 0 Å². The average molecular weight is 408 g/mol. The fraction of sp³-hybridized carbons (Fsp3) is 0.435. The van der Waals surface area contributed by atoms with E-state index < -0.39 is 0 Å². The minimum Gasteiger partial charge on any atom is -0.372 e. The lowest BCUT2D eigenvalue weighted by Crippen LogP contribution is -2.30. The molecule has 0 spiro atoms. The van der Waals surface area contributed by atoms with Crippen molar-refractivity contribution in [2.45, 2.75) is 53.0 Å². The van der Waals surface area contributed by atoms with Gasteiger partial charge in [-0.1, -0.05) is 33.4 Å². The number of aromatic amines is 1. The third-order valence-corrected chi connectivity index (χ3v) is 5.22. The molecule has 1 aliphatic rings. The first-order valence-electron chi connectivity index (χ1n) is 11.0. The van der Waals surface area contributed by atoms with Gasteiger partial charge in [0.15, 0.2) is 0 Å². The molecule has 0 saturated carbocycles. The number of hydrogen-bond acceptors (Lipinski definition) is 6. The second-order valence-electron chi connectivity index (χ2n) is 7.12. The van der Waals surface area contributed by atoms with Crippen LogP contribution in [0.2, 0.25) is 0 Å². The summed E-state index contributed by atoms with van der Waals surface area (Å²) in [4.78, 5) is 19.4. The first-order valence-corrected chi connectivity index (χ1v) is 11.0. The van der Waals surface area contributed by atoms with Crippen molar-refractivity contribution in [2.75, 3.05) is 23.3 Å². The van der Waals surface area contributed by atoms with E-state index in [4.69, 9.17) is 0 Å². The minimum absolute atomic E-state index is 0.565. The zero-order chi connectivity index (χ0) is 21.5. The van der Waals surface area contributed by atoms with Gasteiger partial charge in [0.25, 0.3) is 0 Å². The molecule has 3 N–H and O–H groups in total.